The van der Waals surface area contributed by atoms with Gasteiger partial charge in [-0.1, -0.05) is 13.0 Å². The lowest BCUT2D eigenvalue weighted by Gasteiger charge is -2.38. The lowest BCUT2D eigenvalue weighted by atomic mass is 9.88. The summed E-state index contributed by atoms with van der Waals surface area (Å²) in [6, 6.07) is 5.18. The largest absolute Gasteiger partial charge is 0.384 e. The number of anilines is 1. The van der Waals surface area contributed by atoms with E-state index in [-0.39, 0.29) is 5.41 Å². The molecule has 1 aromatic carbocycles. The molecule has 0 unspecified atom stereocenters. The van der Waals surface area contributed by atoms with Crippen molar-refractivity contribution in [3.8, 4) is 0 Å². The zero-order valence-corrected chi connectivity index (χ0v) is 11.8. The van der Waals surface area contributed by atoms with E-state index in [0.29, 0.717) is 4.90 Å². The van der Waals surface area contributed by atoms with Gasteiger partial charge in [-0.15, -0.1) is 0 Å². The van der Waals surface area contributed by atoms with E-state index in [0.717, 1.165) is 31.0 Å². The first-order valence-electron chi connectivity index (χ1n) is 5.93. The maximum atomic E-state index is 11.5. The first-order chi connectivity index (χ1) is 8.30. The number of sulfone groups is 1. The average molecular weight is 269 g/mol. The molecule has 0 radical (unpaired) electrons. The van der Waals surface area contributed by atoms with Gasteiger partial charge in [0.15, 0.2) is 9.84 Å². The van der Waals surface area contributed by atoms with Crippen LogP contribution in [0.25, 0.3) is 0 Å². The third-order valence-electron chi connectivity index (χ3n) is 3.24. The Bertz CT molecular complexity index is 547. The molecule has 2 rings (SSSR count). The zero-order chi connectivity index (χ0) is 13.4. The monoisotopic (exact) mass is 269 g/mol. The van der Waals surface area contributed by atoms with E-state index in [4.69, 9.17) is 4.74 Å². The molecule has 1 aromatic rings. The van der Waals surface area contributed by atoms with Gasteiger partial charge in [-0.25, -0.2) is 8.42 Å². The van der Waals surface area contributed by atoms with Crippen molar-refractivity contribution in [1.29, 1.82) is 0 Å². The summed E-state index contributed by atoms with van der Waals surface area (Å²) in [4.78, 5) is 0.352. The lowest BCUT2D eigenvalue weighted by molar-refractivity contribution is -0.0924. The highest BCUT2D eigenvalue weighted by atomic mass is 32.2. The molecule has 1 fully saturated rings. The van der Waals surface area contributed by atoms with Gasteiger partial charge < -0.3 is 10.1 Å². The van der Waals surface area contributed by atoms with Crippen LogP contribution in [0.3, 0.4) is 0 Å². The molecular formula is C13H19NO3S. The van der Waals surface area contributed by atoms with Crippen LogP contribution in [-0.4, -0.2) is 34.4 Å². The maximum absolute atomic E-state index is 11.5. The molecule has 1 aliphatic heterocycles. The second-order valence-corrected chi connectivity index (χ2v) is 7.42. The Morgan fingerprint density at radius 2 is 2.06 bits per heavy atom. The van der Waals surface area contributed by atoms with Crippen molar-refractivity contribution in [2.75, 3.05) is 31.3 Å². The summed E-state index contributed by atoms with van der Waals surface area (Å²) in [5.41, 5.74) is 2.09. The van der Waals surface area contributed by atoms with Crippen LogP contribution in [0.2, 0.25) is 0 Å². The van der Waals surface area contributed by atoms with Gasteiger partial charge in [0.25, 0.3) is 0 Å². The highest BCUT2D eigenvalue weighted by molar-refractivity contribution is 7.90. The van der Waals surface area contributed by atoms with Crippen molar-refractivity contribution in [3.05, 3.63) is 23.8 Å². The molecule has 0 aromatic heterocycles. The van der Waals surface area contributed by atoms with E-state index < -0.39 is 9.84 Å². The molecule has 1 saturated heterocycles. The summed E-state index contributed by atoms with van der Waals surface area (Å²) >= 11 is 0. The lowest BCUT2D eigenvalue weighted by Crippen LogP contribution is -2.45. The standard InChI is InChI=1S/C13H19NO3S/c1-10-4-5-11(18(3,15)16)6-12(10)14-7-13(2)8-17-9-13/h4-6,14H,7-9H2,1-3H3. The Balaban J connectivity index is 2.16. The summed E-state index contributed by atoms with van der Waals surface area (Å²) in [6.07, 6.45) is 1.22. The average Bonchev–Trinajstić information content (AvgIpc) is 2.24. The topological polar surface area (TPSA) is 55.4 Å². The van der Waals surface area contributed by atoms with E-state index in [2.05, 4.69) is 12.2 Å². The van der Waals surface area contributed by atoms with E-state index in [9.17, 15) is 8.42 Å². The van der Waals surface area contributed by atoms with Crippen LogP contribution >= 0.6 is 0 Å². The van der Waals surface area contributed by atoms with Crippen molar-refractivity contribution >= 4 is 15.5 Å². The molecule has 4 nitrogen and oxygen atoms in total. The van der Waals surface area contributed by atoms with Crippen LogP contribution in [0.15, 0.2) is 23.1 Å². The Morgan fingerprint density at radius 1 is 1.39 bits per heavy atom. The number of nitrogens with one attached hydrogen (secondary N) is 1. The first-order valence-corrected chi connectivity index (χ1v) is 7.82. The van der Waals surface area contributed by atoms with Gasteiger partial charge in [-0.2, -0.15) is 0 Å². The minimum atomic E-state index is -3.15. The molecule has 100 valence electrons. The van der Waals surface area contributed by atoms with Crippen molar-refractivity contribution in [2.24, 2.45) is 5.41 Å². The number of hydrogen-bond donors (Lipinski definition) is 1. The van der Waals surface area contributed by atoms with Crippen LogP contribution in [0.5, 0.6) is 0 Å². The van der Waals surface area contributed by atoms with E-state index >= 15 is 0 Å². The number of benzene rings is 1. The molecular weight excluding hydrogens is 250 g/mol. The normalized spacial score (nSPS) is 18.2. The van der Waals surface area contributed by atoms with E-state index in [1.807, 2.05) is 13.0 Å². The van der Waals surface area contributed by atoms with Crippen LogP contribution in [-0.2, 0) is 14.6 Å². The Hall–Kier alpha value is -1.07. The Morgan fingerprint density at radius 3 is 2.56 bits per heavy atom. The second kappa shape index (κ2) is 4.55. The van der Waals surface area contributed by atoms with Gasteiger partial charge in [-0.05, 0) is 24.6 Å². The SMILES string of the molecule is Cc1ccc(S(C)(=O)=O)cc1NCC1(C)COC1. The van der Waals surface area contributed by atoms with Crippen LogP contribution in [0.4, 0.5) is 5.69 Å². The minimum absolute atomic E-state index is 0.160. The highest BCUT2D eigenvalue weighted by Crippen LogP contribution is 2.28. The molecule has 5 heteroatoms. The third kappa shape index (κ3) is 2.84. The quantitative estimate of drug-likeness (QED) is 0.906. The summed E-state index contributed by atoms with van der Waals surface area (Å²) in [6.45, 7) is 6.42. The van der Waals surface area contributed by atoms with Gasteiger partial charge in [0, 0.05) is 23.9 Å². The minimum Gasteiger partial charge on any atom is -0.384 e. The summed E-state index contributed by atoms with van der Waals surface area (Å²) in [5.74, 6) is 0. The number of ether oxygens (including phenoxy) is 1. The van der Waals surface area contributed by atoms with Crippen molar-refractivity contribution in [2.45, 2.75) is 18.7 Å². The Kier molecular flexibility index (Phi) is 3.38. The molecule has 0 bridgehead atoms. The maximum Gasteiger partial charge on any atom is 0.175 e. The fourth-order valence-corrected chi connectivity index (χ4v) is 2.53. The third-order valence-corrected chi connectivity index (χ3v) is 4.35. The fraction of sp³-hybridized carbons (Fsp3) is 0.538. The second-order valence-electron chi connectivity index (χ2n) is 5.41. The molecule has 0 saturated carbocycles. The number of rotatable bonds is 4. The smallest absolute Gasteiger partial charge is 0.175 e. The van der Waals surface area contributed by atoms with Crippen LogP contribution in [0, 0.1) is 12.3 Å². The molecule has 18 heavy (non-hydrogen) atoms. The molecule has 0 aliphatic carbocycles. The number of aryl methyl sites for hydroxylation is 1. The van der Waals surface area contributed by atoms with Gasteiger partial charge in [0.1, 0.15) is 0 Å². The van der Waals surface area contributed by atoms with Gasteiger partial charge in [0.05, 0.1) is 18.1 Å². The summed E-state index contributed by atoms with van der Waals surface area (Å²) in [7, 11) is -3.15. The fourth-order valence-electron chi connectivity index (χ4n) is 1.88. The zero-order valence-electron chi connectivity index (χ0n) is 11.0. The van der Waals surface area contributed by atoms with Crippen molar-refractivity contribution < 1.29 is 13.2 Å². The van der Waals surface area contributed by atoms with Gasteiger partial charge >= 0.3 is 0 Å². The van der Waals surface area contributed by atoms with Gasteiger partial charge in [-0.3, -0.25) is 0 Å². The summed E-state index contributed by atoms with van der Waals surface area (Å²) < 4.78 is 28.2. The van der Waals surface area contributed by atoms with Crippen molar-refractivity contribution in [3.63, 3.8) is 0 Å². The van der Waals surface area contributed by atoms with E-state index in [1.165, 1.54) is 6.26 Å². The molecule has 0 amide bonds. The number of hydrogen-bond acceptors (Lipinski definition) is 4. The Labute approximate surface area is 108 Å². The summed E-state index contributed by atoms with van der Waals surface area (Å²) in [5, 5.41) is 3.32. The van der Waals surface area contributed by atoms with Crippen LogP contribution < -0.4 is 5.32 Å². The predicted molar refractivity (Wildman–Crippen MR) is 71.7 cm³/mol. The predicted octanol–water partition coefficient (Wildman–Crippen LogP) is 1.85. The highest BCUT2D eigenvalue weighted by Gasteiger charge is 2.33. The first kappa shape index (κ1) is 13.4. The molecule has 0 atom stereocenters. The van der Waals surface area contributed by atoms with Crippen LogP contribution in [0.1, 0.15) is 12.5 Å². The molecule has 1 heterocycles. The van der Waals surface area contributed by atoms with E-state index in [1.54, 1.807) is 12.1 Å². The molecule has 1 aliphatic rings. The van der Waals surface area contributed by atoms with Crippen molar-refractivity contribution in [1.82, 2.24) is 0 Å². The molecule has 0 spiro atoms. The molecule has 1 N–H and O–H groups in total. The van der Waals surface area contributed by atoms with Gasteiger partial charge in [0.2, 0.25) is 0 Å².